The van der Waals surface area contributed by atoms with Crippen LogP contribution in [-0.4, -0.2) is 13.3 Å². The first-order valence-corrected chi connectivity index (χ1v) is 1.01. The average Bonchev–Trinajstić information content (AvgIpc) is 1.38. The maximum absolute atomic E-state index is 10.6. The van der Waals surface area contributed by atoms with Gasteiger partial charge in [-0.15, -0.1) is 4.39 Å². The quantitative estimate of drug-likeness (QED) is 0.399. The lowest BCUT2D eigenvalue weighted by Crippen LogP contribution is -1.82. The first kappa shape index (κ1) is 4.40. The van der Waals surface area contributed by atoms with Gasteiger partial charge in [0, 0.05) is 0 Å². The molecule has 0 spiro atoms. The third kappa shape index (κ3) is 3.40. The Hall–Kier alpha value is -0.600. The molecule has 0 aromatic heterocycles. The van der Waals surface area contributed by atoms with Crippen molar-refractivity contribution in [3.8, 4) is 0 Å². The van der Waals surface area contributed by atoms with Crippen LogP contribution in [0.2, 0.25) is 0 Å². The number of rotatable bonds is 0. The fourth-order valence-electron chi connectivity index (χ4n) is 0. The van der Waals surface area contributed by atoms with Gasteiger partial charge in [-0.3, -0.25) is 0 Å². The van der Waals surface area contributed by atoms with Gasteiger partial charge in [-0.05, 0) is 0 Å². The molecule has 0 aliphatic carbocycles. The molecule has 5 heavy (non-hydrogen) atoms. The molecule has 0 saturated heterocycles. The molecular weight excluding hydrogens is 75.0 g/mol. The van der Waals surface area contributed by atoms with Crippen LogP contribution in [0.3, 0.4) is 0 Å². The van der Waals surface area contributed by atoms with E-state index >= 15 is 0 Å². The maximum Gasteiger partial charge on any atom is 0.495 e. The predicted octanol–water partition coefficient (Wildman–Crippen LogP) is 0.722. The zero-order valence-corrected chi connectivity index (χ0v) is 2.69. The van der Waals surface area contributed by atoms with E-state index in [1.54, 1.807) is 0 Å². The molecule has 0 radical (unpaired) electrons. The van der Waals surface area contributed by atoms with Gasteiger partial charge in [0.15, 0.2) is 0 Å². The first-order chi connectivity index (χ1) is 2.27. The van der Waals surface area contributed by atoms with Crippen LogP contribution in [0.5, 0.6) is 0 Å². The van der Waals surface area contributed by atoms with Gasteiger partial charge in [-0.25, -0.2) is 4.79 Å². The number of halogens is 1. The summed E-state index contributed by atoms with van der Waals surface area (Å²) in [6.07, 6.45) is -1.75. The van der Waals surface area contributed by atoms with Crippen LogP contribution in [0.15, 0.2) is 0 Å². The van der Waals surface area contributed by atoms with Gasteiger partial charge in [-0.1, -0.05) is 0 Å². The van der Waals surface area contributed by atoms with Gasteiger partial charge >= 0.3 is 6.22 Å². The highest BCUT2D eigenvalue weighted by molar-refractivity contribution is 5.57. The van der Waals surface area contributed by atoms with E-state index in [2.05, 4.69) is 4.74 Å². The number of ether oxygens (including phenoxy) is 1. The van der Waals surface area contributed by atoms with Crippen LogP contribution in [0.1, 0.15) is 0 Å². The molecule has 0 atom stereocenters. The largest absolute Gasteiger partial charge is 0.495 e. The molecule has 0 aromatic rings. The third-order valence-electron chi connectivity index (χ3n) is 0.160. The summed E-state index contributed by atoms with van der Waals surface area (Å²) in [7, 11) is 0.975. The monoisotopic (exact) mass is 78.0 g/mol. The number of hydrogen-bond donors (Lipinski definition) is 0. The Morgan fingerprint density at radius 3 is 2.20 bits per heavy atom. The van der Waals surface area contributed by atoms with Gasteiger partial charge in [-0.2, -0.15) is 0 Å². The fourth-order valence-corrected chi connectivity index (χ4v) is 0. The summed E-state index contributed by atoms with van der Waals surface area (Å²) in [6.45, 7) is 0. The van der Waals surface area contributed by atoms with Crippen molar-refractivity contribution >= 4 is 6.22 Å². The summed E-state index contributed by atoms with van der Waals surface area (Å²) in [5.41, 5.74) is 0. The number of methoxy groups -OCH3 is 1. The zero-order chi connectivity index (χ0) is 4.28. The number of carbonyl (C=O) groups is 1. The SMILES string of the molecule is COC(=O)F. The molecule has 2 nitrogen and oxygen atoms in total. The molecule has 0 fully saturated rings. The van der Waals surface area contributed by atoms with Crippen LogP contribution >= 0.6 is 0 Å². The molecule has 0 rings (SSSR count). The Bertz CT molecular complexity index is 42.9. The van der Waals surface area contributed by atoms with E-state index in [9.17, 15) is 4.39 Å². The number of hydrogen-bond acceptors (Lipinski definition) is 2. The molecule has 0 heterocycles. The second kappa shape index (κ2) is 1.69. The summed E-state index contributed by atoms with van der Waals surface area (Å²) >= 11 is 0. The van der Waals surface area contributed by atoms with Crippen molar-refractivity contribution in [2.75, 3.05) is 7.11 Å². The van der Waals surface area contributed by atoms with Crippen molar-refractivity contribution in [2.45, 2.75) is 0 Å². The molecule has 30 valence electrons. The second-order valence-electron chi connectivity index (χ2n) is 0.442. The standard InChI is InChI=1S/C2H3FO2/c1-5-2(3)4/h1H3. The van der Waals surface area contributed by atoms with Gasteiger partial charge < -0.3 is 4.74 Å². The topological polar surface area (TPSA) is 26.3 Å². The van der Waals surface area contributed by atoms with Crippen molar-refractivity contribution in [1.29, 1.82) is 0 Å². The van der Waals surface area contributed by atoms with E-state index in [4.69, 9.17) is 4.79 Å². The molecule has 0 saturated carbocycles. The van der Waals surface area contributed by atoms with E-state index in [-0.39, 0.29) is 0 Å². The average molecular weight is 78.0 g/mol. The molecule has 0 unspecified atom stereocenters. The Kier molecular flexibility index (Phi) is 1.49. The van der Waals surface area contributed by atoms with Crippen LogP contribution in [0.4, 0.5) is 9.18 Å². The molecular formula is C2H3FO2. The minimum atomic E-state index is -1.75. The lowest BCUT2D eigenvalue weighted by molar-refractivity contribution is 0.145. The van der Waals surface area contributed by atoms with E-state index in [1.807, 2.05) is 0 Å². The maximum atomic E-state index is 10.6. The minimum absolute atomic E-state index is 0.975. The Balaban J connectivity index is 2.85. The van der Waals surface area contributed by atoms with Crippen molar-refractivity contribution in [3.63, 3.8) is 0 Å². The Morgan fingerprint density at radius 2 is 2.20 bits per heavy atom. The molecule has 0 aliphatic rings. The number of carbonyl (C=O) groups excluding carboxylic acids is 1. The van der Waals surface area contributed by atoms with Gasteiger partial charge in [0.1, 0.15) is 0 Å². The third-order valence-corrected chi connectivity index (χ3v) is 0.160. The highest BCUT2D eigenvalue weighted by Crippen LogP contribution is 1.71. The van der Waals surface area contributed by atoms with Crippen LogP contribution < -0.4 is 0 Å². The van der Waals surface area contributed by atoms with Crippen molar-refractivity contribution in [1.82, 2.24) is 0 Å². The summed E-state index contributed by atoms with van der Waals surface area (Å²) in [5.74, 6) is 0. The smallest absolute Gasteiger partial charge is 0.444 e. The van der Waals surface area contributed by atoms with Crippen LogP contribution in [0.25, 0.3) is 0 Å². The van der Waals surface area contributed by atoms with Crippen molar-refractivity contribution < 1.29 is 13.9 Å². The highest BCUT2D eigenvalue weighted by atomic mass is 19.1. The predicted molar refractivity (Wildman–Crippen MR) is 13.5 cm³/mol. The Morgan fingerprint density at radius 1 is 2.00 bits per heavy atom. The lowest BCUT2D eigenvalue weighted by atomic mass is 11.4. The molecule has 0 bridgehead atoms. The summed E-state index contributed by atoms with van der Waals surface area (Å²) < 4.78 is 14.0. The lowest BCUT2D eigenvalue weighted by Gasteiger charge is -1.75. The molecule has 3 heteroatoms. The molecule has 0 aromatic carbocycles. The van der Waals surface area contributed by atoms with Gasteiger partial charge in [0.2, 0.25) is 0 Å². The van der Waals surface area contributed by atoms with E-state index in [0.29, 0.717) is 0 Å². The summed E-state index contributed by atoms with van der Waals surface area (Å²) in [4.78, 5) is 8.92. The minimum Gasteiger partial charge on any atom is -0.444 e. The Labute approximate surface area is 28.5 Å². The molecule has 0 amide bonds. The second-order valence-corrected chi connectivity index (χ2v) is 0.442. The molecule has 0 aliphatic heterocycles. The molecule has 0 N–H and O–H groups in total. The van der Waals surface area contributed by atoms with E-state index < -0.39 is 6.22 Å². The first-order valence-electron chi connectivity index (χ1n) is 1.01. The van der Waals surface area contributed by atoms with E-state index in [1.165, 1.54) is 0 Å². The van der Waals surface area contributed by atoms with Crippen molar-refractivity contribution in [3.05, 3.63) is 0 Å². The summed E-state index contributed by atoms with van der Waals surface area (Å²) in [6, 6.07) is 0. The fraction of sp³-hybridized carbons (Fsp3) is 0.500. The van der Waals surface area contributed by atoms with Gasteiger partial charge in [0.25, 0.3) is 0 Å². The highest BCUT2D eigenvalue weighted by Gasteiger charge is 1.84. The summed E-state index contributed by atoms with van der Waals surface area (Å²) in [5, 5.41) is 0. The normalized spacial score (nSPS) is 6.80. The van der Waals surface area contributed by atoms with Crippen LogP contribution in [-0.2, 0) is 4.74 Å². The van der Waals surface area contributed by atoms with Crippen molar-refractivity contribution in [2.24, 2.45) is 0 Å². The van der Waals surface area contributed by atoms with Gasteiger partial charge in [0.05, 0.1) is 7.11 Å². The van der Waals surface area contributed by atoms with E-state index in [0.717, 1.165) is 7.11 Å². The zero-order valence-electron chi connectivity index (χ0n) is 2.69. The van der Waals surface area contributed by atoms with Crippen LogP contribution in [0, 0.1) is 0 Å².